The first-order valence-corrected chi connectivity index (χ1v) is 10.1. The Balaban J connectivity index is 1.98. The van der Waals surface area contributed by atoms with Gasteiger partial charge in [-0.15, -0.1) is 5.11 Å². The summed E-state index contributed by atoms with van der Waals surface area (Å²) in [4.78, 5) is 0.184. The van der Waals surface area contributed by atoms with Crippen molar-refractivity contribution < 1.29 is 13.5 Å². The maximum absolute atomic E-state index is 12.7. The van der Waals surface area contributed by atoms with Crippen molar-refractivity contribution in [3.8, 4) is 5.75 Å². The molecule has 0 amide bonds. The van der Waals surface area contributed by atoms with Gasteiger partial charge < -0.3 is 5.11 Å². The number of benzene rings is 3. The molecule has 3 aromatic carbocycles. The van der Waals surface area contributed by atoms with Gasteiger partial charge in [-0.05, 0) is 29.7 Å². The molecule has 3 aromatic rings. The van der Waals surface area contributed by atoms with Gasteiger partial charge in [0.2, 0.25) is 10.0 Å². The lowest BCUT2D eigenvalue weighted by molar-refractivity contribution is 0.445. The van der Waals surface area contributed by atoms with Crippen LogP contribution in [0.15, 0.2) is 75.8 Å². The predicted molar refractivity (Wildman–Crippen MR) is 106 cm³/mol. The highest BCUT2D eigenvalue weighted by Crippen LogP contribution is 2.32. The van der Waals surface area contributed by atoms with Crippen LogP contribution in [-0.2, 0) is 10.0 Å². The molecule has 0 atom stereocenters. The molecule has 0 saturated heterocycles. The molecule has 0 saturated carbocycles. The highest BCUT2D eigenvalue weighted by atomic mass is 32.2. The standard InChI is InChI=1S/C20H21N3O3S/c1-3-23(4-2)27(25,26)18-10-7-9-16(13-18)21-22-20-14-17(24)12-15-8-5-6-11-19(15)20/h5-14,24H,3-4H2,1-2H3. The highest BCUT2D eigenvalue weighted by molar-refractivity contribution is 7.89. The third-order valence-electron chi connectivity index (χ3n) is 4.26. The summed E-state index contributed by atoms with van der Waals surface area (Å²) in [5.41, 5.74) is 0.943. The zero-order valence-electron chi connectivity index (χ0n) is 15.2. The Kier molecular flexibility index (Phi) is 5.53. The second-order valence-electron chi connectivity index (χ2n) is 5.97. The Labute approximate surface area is 158 Å². The van der Waals surface area contributed by atoms with E-state index >= 15 is 0 Å². The largest absolute Gasteiger partial charge is 0.508 e. The summed E-state index contributed by atoms with van der Waals surface area (Å²) in [6, 6.07) is 17.1. The molecule has 0 radical (unpaired) electrons. The minimum Gasteiger partial charge on any atom is -0.508 e. The van der Waals surface area contributed by atoms with E-state index in [1.165, 1.54) is 16.4 Å². The fraction of sp³-hybridized carbons (Fsp3) is 0.200. The molecular formula is C20H21N3O3S. The first kappa shape index (κ1) is 19.0. The smallest absolute Gasteiger partial charge is 0.243 e. The van der Waals surface area contributed by atoms with Crippen molar-refractivity contribution in [1.29, 1.82) is 0 Å². The van der Waals surface area contributed by atoms with Crippen LogP contribution in [0.2, 0.25) is 0 Å². The molecule has 27 heavy (non-hydrogen) atoms. The van der Waals surface area contributed by atoms with Crippen LogP contribution < -0.4 is 0 Å². The van der Waals surface area contributed by atoms with Crippen molar-refractivity contribution in [1.82, 2.24) is 4.31 Å². The quantitative estimate of drug-likeness (QED) is 0.609. The van der Waals surface area contributed by atoms with Crippen LogP contribution in [0.5, 0.6) is 5.75 Å². The number of fused-ring (bicyclic) bond motifs is 1. The van der Waals surface area contributed by atoms with Crippen molar-refractivity contribution in [2.24, 2.45) is 10.2 Å². The summed E-state index contributed by atoms with van der Waals surface area (Å²) in [7, 11) is -3.56. The van der Waals surface area contributed by atoms with E-state index < -0.39 is 10.0 Å². The lowest BCUT2D eigenvalue weighted by Crippen LogP contribution is -2.30. The molecule has 0 aliphatic heterocycles. The molecule has 3 rings (SSSR count). The molecule has 6 nitrogen and oxygen atoms in total. The Morgan fingerprint density at radius 1 is 0.926 bits per heavy atom. The van der Waals surface area contributed by atoms with Gasteiger partial charge in [0.05, 0.1) is 16.3 Å². The van der Waals surface area contributed by atoms with Crippen LogP contribution in [0.25, 0.3) is 10.8 Å². The summed E-state index contributed by atoms with van der Waals surface area (Å²) in [6.45, 7) is 4.41. The first-order valence-electron chi connectivity index (χ1n) is 8.69. The van der Waals surface area contributed by atoms with E-state index in [-0.39, 0.29) is 10.6 Å². The summed E-state index contributed by atoms with van der Waals surface area (Å²) in [5, 5.41) is 20.0. The van der Waals surface area contributed by atoms with Crippen LogP contribution in [0.3, 0.4) is 0 Å². The first-order chi connectivity index (χ1) is 13.0. The fourth-order valence-electron chi connectivity index (χ4n) is 2.89. The van der Waals surface area contributed by atoms with Crippen molar-refractivity contribution in [2.45, 2.75) is 18.7 Å². The number of hydrogen-bond donors (Lipinski definition) is 1. The van der Waals surface area contributed by atoms with Gasteiger partial charge in [0, 0.05) is 24.5 Å². The van der Waals surface area contributed by atoms with Gasteiger partial charge in [0.25, 0.3) is 0 Å². The number of aromatic hydroxyl groups is 1. The number of rotatable bonds is 6. The average molecular weight is 383 g/mol. The SMILES string of the molecule is CCN(CC)S(=O)(=O)c1cccc(N=Nc2cc(O)cc3ccccc23)c1. The molecule has 0 fully saturated rings. The summed E-state index contributed by atoms with van der Waals surface area (Å²) in [5.74, 6) is 0.0977. The van der Waals surface area contributed by atoms with E-state index in [2.05, 4.69) is 10.2 Å². The minimum absolute atomic E-state index is 0.0977. The molecule has 0 bridgehead atoms. The van der Waals surface area contributed by atoms with Gasteiger partial charge in [-0.25, -0.2) is 8.42 Å². The maximum atomic E-state index is 12.7. The molecule has 0 aromatic heterocycles. The fourth-order valence-corrected chi connectivity index (χ4v) is 4.39. The third kappa shape index (κ3) is 3.99. The molecule has 140 valence electrons. The van der Waals surface area contributed by atoms with Gasteiger partial charge in [-0.2, -0.15) is 9.42 Å². The molecular weight excluding hydrogens is 362 g/mol. The summed E-state index contributed by atoms with van der Waals surface area (Å²) in [6.07, 6.45) is 0. The van der Waals surface area contributed by atoms with Gasteiger partial charge in [0.15, 0.2) is 0 Å². The van der Waals surface area contributed by atoms with Gasteiger partial charge in [-0.1, -0.05) is 44.2 Å². The zero-order chi connectivity index (χ0) is 19.4. The molecule has 0 aliphatic carbocycles. The van der Waals surface area contributed by atoms with E-state index in [0.717, 1.165) is 10.8 Å². The number of azo groups is 1. The second-order valence-corrected chi connectivity index (χ2v) is 7.91. The van der Waals surface area contributed by atoms with E-state index in [1.807, 2.05) is 24.3 Å². The number of phenols is 1. The van der Waals surface area contributed by atoms with E-state index in [4.69, 9.17) is 0 Å². The lowest BCUT2D eigenvalue weighted by Gasteiger charge is -2.18. The summed E-state index contributed by atoms with van der Waals surface area (Å²) < 4.78 is 26.7. The molecule has 7 heteroatoms. The number of phenolic OH excluding ortho intramolecular Hbond substituents is 1. The topological polar surface area (TPSA) is 82.3 Å². The van der Waals surface area contributed by atoms with Crippen LogP contribution in [0.1, 0.15) is 13.8 Å². The molecule has 1 N–H and O–H groups in total. The molecule has 0 aliphatic rings. The Morgan fingerprint density at radius 2 is 1.67 bits per heavy atom. The molecule has 0 unspecified atom stereocenters. The molecule has 0 spiro atoms. The van der Waals surface area contributed by atoms with E-state index in [9.17, 15) is 13.5 Å². The average Bonchev–Trinajstić information content (AvgIpc) is 2.67. The number of sulfonamides is 1. The molecule has 0 heterocycles. The van der Waals surface area contributed by atoms with E-state index in [1.54, 1.807) is 38.1 Å². The van der Waals surface area contributed by atoms with Crippen molar-refractivity contribution >= 4 is 32.2 Å². The predicted octanol–water partition coefficient (Wildman–Crippen LogP) is 4.99. The maximum Gasteiger partial charge on any atom is 0.243 e. The Bertz CT molecular complexity index is 1090. The second kappa shape index (κ2) is 7.85. The van der Waals surface area contributed by atoms with Crippen LogP contribution >= 0.6 is 0 Å². The number of nitrogens with zero attached hydrogens (tertiary/aromatic N) is 3. The minimum atomic E-state index is -3.56. The lowest BCUT2D eigenvalue weighted by atomic mass is 10.1. The zero-order valence-corrected chi connectivity index (χ0v) is 16.0. The summed E-state index contributed by atoms with van der Waals surface area (Å²) >= 11 is 0. The third-order valence-corrected chi connectivity index (χ3v) is 6.30. The Morgan fingerprint density at radius 3 is 2.41 bits per heavy atom. The van der Waals surface area contributed by atoms with Crippen LogP contribution in [0, 0.1) is 0 Å². The van der Waals surface area contributed by atoms with Crippen LogP contribution in [-0.4, -0.2) is 30.9 Å². The van der Waals surface area contributed by atoms with Gasteiger partial charge in [0.1, 0.15) is 5.75 Å². The van der Waals surface area contributed by atoms with Crippen molar-refractivity contribution in [3.63, 3.8) is 0 Å². The van der Waals surface area contributed by atoms with Gasteiger partial charge >= 0.3 is 0 Å². The monoisotopic (exact) mass is 383 g/mol. The van der Waals surface area contributed by atoms with Gasteiger partial charge in [-0.3, -0.25) is 0 Å². The van der Waals surface area contributed by atoms with Crippen molar-refractivity contribution in [2.75, 3.05) is 13.1 Å². The number of hydrogen-bond acceptors (Lipinski definition) is 5. The Hall–Kier alpha value is -2.77. The highest BCUT2D eigenvalue weighted by Gasteiger charge is 2.21. The van der Waals surface area contributed by atoms with Crippen molar-refractivity contribution in [3.05, 3.63) is 60.7 Å². The normalized spacial score (nSPS) is 12.3. The van der Waals surface area contributed by atoms with E-state index in [0.29, 0.717) is 24.5 Å². The van der Waals surface area contributed by atoms with Crippen LogP contribution in [0.4, 0.5) is 11.4 Å².